The van der Waals surface area contributed by atoms with Gasteiger partial charge in [-0.05, 0) is 114 Å². The lowest BCUT2D eigenvalue weighted by Crippen LogP contribution is -2.42. The zero-order valence-electron chi connectivity index (χ0n) is 36.4. The molecule has 0 radical (unpaired) electrons. The molecule has 2 aliphatic rings. The minimum Gasteiger partial charge on any atom is -0.268 e. The number of rotatable bonds is 7. The average molecular weight is 813 g/mol. The topological polar surface area (TPSA) is 74.8 Å². The second kappa shape index (κ2) is 14.3. The molecule has 62 heavy (non-hydrogen) atoms. The van der Waals surface area contributed by atoms with Crippen molar-refractivity contribution in [1.82, 2.24) is 0 Å². The van der Waals surface area contributed by atoms with E-state index < -0.39 is 0 Å². The van der Waals surface area contributed by atoms with Crippen molar-refractivity contribution in [3.63, 3.8) is 0 Å². The summed E-state index contributed by atoms with van der Waals surface area (Å²) in [4.78, 5) is 62.7. The van der Waals surface area contributed by atoms with Gasteiger partial charge in [0.1, 0.15) is 0 Å². The predicted octanol–water partition coefficient (Wildman–Crippen LogP) is 14.1. The van der Waals surface area contributed by atoms with Crippen molar-refractivity contribution in [2.45, 2.75) is 79.1 Å². The summed E-state index contributed by atoms with van der Waals surface area (Å²) in [5, 5.41) is 6.16. The molecule has 0 aromatic heterocycles. The normalized spacial score (nSPS) is 14.1. The highest BCUT2D eigenvalue weighted by Crippen LogP contribution is 2.47. The van der Waals surface area contributed by atoms with Crippen LogP contribution in [0.15, 0.2) is 121 Å². The number of anilines is 2. The molecule has 0 unspecified atom stereocenters. The lowest BCUT2D eigenvalue weighted by molar-refractivity contribution is 0.0878. The van der Waals surface area contributed by atoms with Crippen LogP contribution in [0.1, 0.15) is 143 Å². The van der Waals surface area contributed by atoms with Crippen molar-refractivity contribution in [2.75, 3.05) is 9.80 Å². The van der Waals surface area contributed by atoms with E-state index in [0.29, 0.717) is 44.4 Å². The maximum absolute atomic E-state index is 15.3. The van der Waals surface area contributed by atoms with Crippen LogP contribution >= 0.6 is 0 Å². The monoisotopic (exact) mass is 812 g/mol. The molecule has 0 N–H and O–H groups in total. The molecule has 4 amide bonds. The third-order valence-corrected chi connectivity index (χ3v) is 13.2. The first-order valence-electron chi connectivity index (χ1n) is 21.8. The summed E-state index contributed by atoms with van der Waals surface area (Å²) in [6.07, 6.45) is 0. The standard InChI is InChI=1S/C56H48N2O4/c1-29(2)35-17-11-18-36(30(3)4)51(35)57-53(59)43-25-9-15-33-27-45-39(21-13-23-41(45)49(47(33)43)55(57)61)40-22-14-24-42-46(40)28-34-16-10-26-44-48(34)50(42)56(62)58(54(44)60)52-37(31(5)6)19-12-20-38(52)32(7)8/h9-32H,1-8H3. The van der Waals surface area contributed by atoms with Gasteiger partial charge in [-0.3, -0.25) is 19.2 Å². The molecule has 6 nitrogen and oxygen atoms in total. The fraction of sp³-hybridized carbons (Fsp3) is 0.214. The molecule has 306 valence electrons. The first-order valence-corrected chi connectivity index (χ1v) is 21.8. The molecule has 8 aromatic rings. The Hall–Kier alpha value is -6.92. The zero-order valence-corrected chi connectivity index (χ0v) is 36.4. The summed E-state index contributed by atoms with van der Waals surface area (Å²) in [5.74, 6) is -1.02. The zero-order chi connectivity index (χ0) is 43.5. The largest absolute Gasteiger partial charge is 0.268 e. The number of carbonyl (C=O) groups is 4. The van der Waals surface area contributed by atoms with E-state index >= 15 is 9.59 Å². The minimum atomic E-state index is -0.338. The van der Waals surface area contributed by atoms with Crippen LogP contribution in [0.5, 0.6) is 0 Å². The fourth-order valence-corrected chi connectivity index (χ4v) is 10.3. The molecule has 2 aliphatic heterocycles. The van der Waals surface area contributed by atoms with Crippen LogP contribution in [0.25, 0.3) is 54.2 Å². The van der Waals surface area contributed by atoms with Gasteiger partial charge in [-0.15, -0.1) is 0 Å². The van der Waals surface area contributed by atoms with Gasteiger partial charge in [0.05, 0.1) is 22.5 Å². The summed E-state index contributed by atoms with van der Waals surface area (Å²) in [7, 11) is 0. The van der Waals surface area contributed by atoms with E-state index in [1.807, 2.05) is 97.1 Å². The van der Waals surface area contributed by atoms with E-state index in [9.17, 15) is 9.59 Å². The van der Waals surface area contributed by atoms with Crippen molar-refractivity contribution in [3.8, 4) is 11.1 Å². The van der Waals surface area contributed by atoms with E-state index in [4.69, 9.17) is 0 Å². The molecule has 8 aromatic carbocycles. The van der Waals surface area contributed by atoms with Crippen LogP contribution in [0.3, 0.4) is 0 Å². The highest BCUT2D eigenvalue weighted by atomic mass is 16.2. The summed E-state index contributed by atoms with van der Waals surface area (Å²) in [5.41, 5.74) is 8.94. The SMILES string of the molecule is CC(C)c1cccc(C(C)C)c1N1C(=O)c2cccc3cc4c(-c5cccc6c7c8c(cccc8cc56)C(=O)N(c5c(C(C)C)cccc5C(C)C)C7=O)cccc4c(c23)C1=O. The van der Waals surface area contributed by atoms with Crippen molar-refractivity contribution in [3.05, 3.63) is 166 Å². The van der Waals surface area contributed by atoms with Gasteiger partial charge in [0.15, 0.2) is 0 Å². The Kier molecular flexibility index (Phi) is 9.07. The Balaban J connectivity index is 1.23. The van der Waals surface area contributed by atoms with Crippen LogP contribution in [0, 0.1) is 0 Å². The molecule has 2 heterocycles. The summed E-state index contributed by atoms with van der Waals surface area (Å²) in [6, 6.07) is 39.8. The van der Waals surface area contributed by atoms with Gasteiger partial charge in [0.2, 0.25) is 0 Å². The van der Waals surface area contributed by atoms with Crippen LogP contribution in [0.2, 0.25) is 0 Å². The minimum absolute atomic E-state index is 0.0728. The number of nitrogens with zero attached hydrogens (tertiary/aromatic N) is 2. The van der Waals surface area contributed by atoms with Crippen LogP contribution in [-0.4, -0.2) is 23.6 Å². The molecule has 6 heteroatoms. The highest BCUT2D eigenvalue weighted by Gasteiger charge is 2.40. The van der Waals surface area contributed by atoms with Gasteiger partial charge in [-0.1, -0.05) is 152 Å². The van der Waals surface area contributed by atoms with E-state index in [0.717, 1.165) is 65.7 Å². The molecule has 0 saturated heterocycles. The molecular formula is C56H48N2O4. The Bertz CT molecular complexity index is 3020. The van der Waals surface area contributed by atoms with Crippen LogP contribution < -0.4 is 9.80 Å². The van der Waals surface area contributed by atoms with Gasteiger partial charge >= 0.3 is 0 Å². The van der Waals surface area contributed by atoms with Gasteiger partial charge in [0.25, 0.3) is 23.6 Å². The third-order valence-electron chi connectivity index (χ3n) is 13.2. The lowest BCUT2D eigenvalue weighted by Gasteiger charge is -2.33. The quantitative estimate of drug-likeness (QED) is 0.119. The molecule has 10 rings (SSSR count). The number of carbonyl (C=O) groups excluding carboxylic acids is 4. The number of para-hydroxylation sites is 2. The van der Waals surface area contributed by atoms with E-state index in [1.54, 1.807) is 0 Å². The summed E-state index contributed by atoms with van der Waals surface area (Å²) < 4.78 is 0. The average Bonchev–Trinajstić information content (AvgIpc) is 3.25. The van der Waals surface area contributed by atoms with Crippen LogP contribution in [-0.2, 0) is 0 Å². The number of imide groups is 2. The van der Waals surface area contributed by atoms with Gasteiger partial charge in [-0.25, -0.2) is 9.80 Å². The second-order valence-corrected chi connectivity index (χ2v) is 18.2. The van der Waals surface area contributed by atoms with Crippen molar-refractivity contribution in [1.29, 1.82) is 0 Å². The second-order valence-electron chi connectivity index (χ2n) is 18.2. The summed E-state index contributed by atoms with van der Waals surface area (Å²) in [6.45, 7) is 16.8. The number of hydrogen-bond donors (Lipinski definition) is 0. The predicted molar refractivity (Wildman–Crippen MR) is 253 cm³/mol. The molecule has 0 atom stereocenters. The first-order chi connectivity index (χ1) is 29.8. The van der Waals surface area contributed by atoms with Gasteiger partial charge < -0.3 is 0 Å². The fourth-order valence-electron chi connectivity index (χ4n) is 10.3. The molecular weight excluding hydrogens is 765 g/mol. The molecule has 0 bridgehead atoms. The Morgan fingerprint density at radius 3 is 0.984 bits per heavy atom. The molecule has 0 saturated carbocycles. The van der Waals surface area contributed by atoms with E-state index in [2.05, 4.69) is 79.7 Å². The van der Waals surface area contributed by atoms with Crippen molar-refractivity contribution < 1.29 is 19.2 Å². The number of hydrogen-bond acceptors (Lipinski definition) is 4. The van der Waals surface area contributed by atoms with Gasteiger partial charge in [-0.2, -0.15) is 0 Å². The van der Waals surface area contributed by atoms with Crippen LogP contribution in [0.4, 0.5) is 11.4 Å². The van der Waals surface area contributed by atoms with Crippen molar-refractivity contribution >= 4 is 78.1 Å². The highest BCUT2D eigenvalue weighted by molar-refractivity contribution is 6.41. The van der Waals surface area contributed by atoms with E-state index in [-0.39, 0.29) is 47.3 Å². The third kappa shape index (κ3) is 5.55. The smallest absolute Gasteiger partial charge is 0.266 e. The van der Waals surface area contributed by atoms with Gasteiger partial charge in [0, 0.05) is 21.9 Å². The number of benzene rings is 8. The maximum Gasteiger partial charge on any atom is 0.266 e. The maximum atomic E-state index is 15.3. The number of amides is 4. The Morgan fingerprint density at radius 2 is 0.645 bits per heavy atom. The summed E-state index contributed by atoms with van der Waals surface area (Å²) >= 11 is 0. The Labute approximate surface area is 361 Å². The first kappa shape index (κ1) is 39.2. The van der Waals surface area contributed by atoms with E-state index in [1.165, 1.54) is 9.80 Å². The number of fused-ring (bicyclic) bond motifs is 4. The Morgan fingerprint density at radius 1 is 0.339 bits per heavy atom. The molecule has 0 spiro atoms. The molecule has 0 fully saturated rings. The van der Waals surface area contributed by atoms with Crippen molar-refractivity contribution in [2.24, 2.45) is 0 Å². The lowest BCUT2D eigenvalue weighted by atomic mass is 9.83. The molecule has 0 aliphatic carbocycles.